The smallest absolute Gasteiger partial charge is 0.407 e. The molecule has 6 amide bonds. The molecule has 70 heavy (non-hydrogen) atoms. The van der Waals surface area contributed by atoms with E-state index in [-0.39, 0.29) is 61.1 Å². The van der Waals surface area contributed by atoms with Crippen LogP contribution in [0.15, 0.2) is 73.1 Å². The summed E-state index contributed by atoms with van der Waals surface area (Å²) in [6.45, 7) is 9.16. The number of likely N-dealkylation sites (tertiary alicyclic amines) is 1. The van der Waals surface area contributed by atoms with E-state index in [1.165, 1.54) is 14.2 Å². The molecule has 4 N–H and O–H groups in total. The third-order valence-corrected chi connectivity index (χ3v) is 14.4. The van der Waals surface area contributed by atoms with Crippen LogP contribution >= 0.6 is 0 Å². The van der Waals surface area contributed by atoms with Crippen molar-refractivity contribution >= 4 is 30.0 Å². The summed E-state index contributed by atoms with van der Waals surface area (Å²) in [6.07, 6.45) is 5.27. The van der Waals surface area contributed by atoms with Crippen molar-refractivity contribution in [3.8, 4) is 45.1 Å². The molecule has 0 radical (unpaired) electrons. The predicted octanol–water partition coefficient (Wildman–Crippen LogP) is 6.96. The number of methoxy groups -OCH3 is 2. The first-order valence-corrected chi connectivity index (χ1v) is 23.8. The lowest BCUT2D eigenvalue weighted by Gasteiger charge is -2.30. The Labute approximate surface area is 405 Å². The SMILES string of the molecule is COC(=O)NC(C(=O)N1CC2(CC2)C[C@H]1c1nc(-c2ccc(-c3ccc(-c4c[nH]c([C@@H]5CN(C(=O)N6Cc7ccc8c(c7C6)OCO8)CN5C(=O)[C@@H](NC(=O)OC)C(C)C)n4)cc3)cc2)c[nH]1)C(C)C. The number of nitrogens with zero attached hydrogens (tertiary/aromatic N) is 6. The number of imidazole rings is 2. The quantitative estimate of drug-likeness (QED) is 0.106. The monoisotopic (exact) mass is 954 g/mol. The second-order valence-electron chi connectivity index (χ2n) is 19.7. The maximum atomic E-state index is 14.4. The Morgan fingerprint density at radius 2 is 1.23 bits per heavy atom. The lowest BCUT2D eigenvalue weighted by molar-refractivity contribution is -0.136. The van der Waals surface area contributed by atoms with Crippen LogP contribution in [0, 0.1) is 17.3 Å². The summed E-state index contributed by atoms with van der Waals surface area (Å²) in [5, 5.41) is 5.43. The summed E-state index contributed by atoms with van der Waals surface area (Å²) in [5.41, 5.74) is 7.21. The molecule has 6 heterocycles. The maximum Gasteiger partial charge on any atom is 0.407 e. The van der Waals surface area contributed by atoms with E-state index in [2.05, 4.69) is 32.7 Å². The molecule has 0 bridgehead atoms. The highest BCUT2D eigenvalue weighted by atomic mass is 16.7. The van der Waals surface area contributed by atoms with Crippen LogP contribution in [-0.2, 0) is 32.2 Å². The number of urea groups is 1. The first-order valence-electron chi connectivity index (χ1n) is 23.8. The van der Waals surface area contributed by atoms with Crippen molar-refractivity contribution in [2.45, 2.75) is 84.2 Å². The van der Waals surface area contributed by atoms with Gasteiger partial charge in [-0.2, -0.15) is 0 Å². The summed E-state index contributed by atoms with van der Waals surface area (Å²) in [5.74, 6) is 1.65. The normalized spacial score (nSPS) is 19.4. The number of fused-ring (bicyclic) bond motifs is 3. The van der Waals surface area contributed by atoms with Gasteiger partial charge in [0.15, 0.2) is 11.5 Å². The number of carbonyl (C=O) groups is 5. The number of benzene rings is 3. The molecule has 5 aromatic rings. The van der Waals surface area contributed by atoms with Crippen molar-refractivity contribution in [2.75, 3.05) is 40.8 Å². The van der Waals surface area contributed by atoms with E-state index in [9.17, 15) is 24.0 Å². The van der Waals surface area contributed by atoms with Gasteiger partial charge in [-0.3, -0.25) is 9.59 Å². The van der Waals surface area contributed by atoms with Crippen LogP contribution in [-0.4, -0.2) is 122 Å². The lowest BCUT2D eigenvalue weighted by atomic mass is 10.0. The molecule has 3 aromatic carbocycles. The summed E-state index contributed by atoms with van der Waals surface area (Å²) in [7, 11) is 2.54. The third-order valence-electron chi connectivity index (χ3n) is 14.4. The number of rotatable bonds is 11. The van der Waals surface area contributed by atoms with Gasteiger partial charge in [0.2, 0.25) is 18.6 Å². The fourth-order valence-electron chi connectivity index (χ4n) is 10.2. The lowest BCUT2D eigenvalue weighted by Crippen LogP contribution is -2.52. The molecular formula is C51H58N10O9. The van der Waals surface area contributed by atoms with Crippen LogP contribution in [0.2, 0.25) is 0 Å². The number of hydrogen-bond acceptors (Lipinski definition) is 11. The van der Waals surface area contributed by atoms with Crippen LogP contribution in [0.4, 0.5) is 14.4 Å². The molecule has 4 atom stereocenters. The predicted molar refractivity (Wildman–Crippen MR) is 254 cm³/mol. The van der Waals surface area contributed by atoms with Crippen molar-refractivity contribution < 1.29 is 42.9 Å². The Kier molecular flexibility index (Phi) is 12.1. The van der Waals surface area contributed by atoms with Crippen molar-refractivity contribution in [1.82, 2.24) is 50.2 Å². The van der Waals surface area contributed by atoms with Gasteiger partial charge in [-0.05, 0) is 59.3 Å². The Morgan fingerprint density at radius 1 is 0.686 bits per heavy atom. The highest BCUT2D eigenvalue weighted by Crippen LogP contribution is 2.58. The molecule has 5 aliphatic rings. The Morgan fingerprint density at radius 3 is 1.77 bits per heavy atom. The number of ether oxygens (including phenoxy) is 4. The van der Waals surface area contributed by atoms with E-state index in [1.54, 1.807) is 20.9 Å². The van der Waals surface area contributed by atoms with Crippen molar-refractivity contribution in [1.29, 1.82) is 0 Å². The largest absolute Gasteiger partial charge is 0.454 e. The van der Waals surface area contributed by atoms with E-state index < -0.39 is 30.3 Å². The van der Waals surface area contributed by atoms with Gasteiger partial charge >= 0.3 is 18.2 Å². The number of nitrogens with one attached hydrogen (secondary N) is 4. The Bertz CT molecular complexity index is 2820. The fraction of sp³-hybridized carbons (Fsp3) is 0.431. The molecular weight excluding hydrogens is 897 g/mol. The maximum absolute atomic E-state index is 14.4. The van der Waals surface area contributed by atoms with Crippen LogP contribution in [0.25, 0.3) is 33.6 Å². The molecule has 2 aromatic heterocycles. The molecule has 1 aliphatic carbocycles. The summed E-state index contributed by atoms with van der Waals surface area (Å²) >= 11 is 0. The number of aromatic amines is 2. The number of hydrogen-bond donors (Lipinski definition) is 4. The third kappa shape index (κ3) is 8.72. The molecule has 1 spiro atoms. The summed E-state index contributed by atoms with van der Waals surface area (Å²) in [6, 6.07) is 17.3. The second kappa shape index (κ2) is 18.4. The number of aromatic nitrogens is 4. The standard InChI is InChI=1S/C51H58N10O9/c1-28(2)41(56-48(64)67-5)46(62)60-25-51(17-18-51)19-38(60)44-52-20-36(54-44)32-11-7-30(8-12-32)31-9-13-33(14-10-31)37-21-53-45(55-37)39-24-59(26-61(39)47(63)42(29(3)4)57-49(65)68-6)50(66)58-22-34-15-16-40-43(35(34)23-58)70-27-69-40/h7-16,20-21,28-29,38-39,41-42H,17-19,22-27H2,1-6H3,(H,52,54)(H,53,55)(H,56,64)(H,57,65)/t38-,39-,41?,42-/m0/s1. The van der Waals surface area contributed by atoms with Crippen molar-refractivity contribution in [3.05, 3.63) is 95.8 Å². The molecule has 3 fully saturated rings. The Balaban J connectivity index is 0.834. The highest BCUT2D eigenvalue weighted by Gasteiger charge is 2.55. The van der Waals surface area contributed by atoms with E-state index in [4.69, 9.17) is 28.9 Å². The van der Waals surface area contributed by atoms with E-state index in [0.717, 1.165) is 64.2 Å². The molecule has 2 saturated heterocycles. The zero-order valence-electron chi connectivity index (χ0n) is 40.1. The highest BCUT2D eigenvalue weighted by molar-refractivity contribution is 5.88. The first-order chi connectivity index (χ1) is 33.7. The summed E-state index contributed by atoms with van der Waals surface area (Å²) < 4.78 is 21.0. The van der Waals surface area contributed by atoms with Crippen LogP contribution in [0.5, 0.6) is 11.5 Å². The van der Waals surface area contributed by atoms with E-state index >= 15 is 0 Å². The molecule has 19 heteroatoms. The van der Waals surface area contributed by atoms with Crippen molar-refractivity contribution in [3.63, 3.8) is 0 Å². The van der Waals surface area contributed by atoms with Gasteiger partial charge in [0.25, 0.3) is 0 Å². The van der Waals surface area contributed by atoms with Gasteiger partial charge < -0.3 is 59.1 Å². The van der Waals surface area contributed by atoms with Gasteiger partial charge in [0.05, 0.1) is 51.4 Å². The van der Waals surface area contributed by atoms with Gasteiger partial charge in [-0.25, -0.2) is 24.4 Å². The Hall–Kier alpha value is -7.57. The second-order valence-corrected chi connectivity index (χ2v) is 19.7. The van der Waals surface area contributed by atoms with Gasteiger partial charge in [-0.15, -0.1) is 0 Å². The first kappa shape index (κ1) is 46.2. The molecule has 10 rings (SSSR count). The van der Waals surface area contributed by atoms with Crippen molar-refractivity contribution in [2.24, 2.45) is 17.3 Å². The van der Waals surface area contributed by atoms with Gasteiger partial charge in [0.1, 0.15) is 29.8 Å². The van der Waals surface area contributed by atoms with Crippen LogP contribution in [0.3, 0.4) is 0 Å². The average molecular weight is 955 g/mol. The molecule has 19 nitrogen and oxygen atoms in total. The zero-order chi connectivity index (χ0) is 49.0. The van der Waals surface area contributed by atoms with Gasteiger partial charge in [-0.1, -0.05) is 82.3 Å². The average Bonchev–Trinajstić information content (AvgIpc) is 4.12. The number of H-pyrrole nitrogens is 2. The van der Waals surface area contributed by atoms with Crippen LogP contribution in [0.1, 0.15) is 81.8 Å². The zero-order valence-corrected chi connectivity index (χ0v) is 40.1. The minimum atomic E-state index is -0.912. The van der Waals surface area contributed by atoms with Gasteiger partial charge in [0, 0.05) is 42.2 Å². The number of amides is 6. The topological polar surface area (TPSA) is 217 Å². The molecule has 366 valence electrons. The summed E-state index contributed by atoms with van der Waals surface area (Å²) in [4.78, 5) is 90.5. The minimum absolute atomic E-state index is 0.0128. The number of carbonyl (C=O) groups excluding carboxylic acids is 5. The minimum Gasteiger partial charge on any atom is -0.454 e. The molecule has 4 aliphatic heterocycles. The molecule has 1 unspecified atom stereocenters. The van der Waals surface area contributed by atoms with Crippen LogP contribution < -0.4 is 20.1 Å². The van der Waals surface area contributed by atoms with E-state index in [1.807, 2.05) is 87.3 Å². The van der Waals surface area contributed by atoms with E-state index in [0.29, 0.717) is 42.7 Å². The number of alkyl carbamates (subject to hydrolysis) is 2. The molecule has 1 saturated carbocycles. The fourth-order valence-corrected chi connectivity index (χ4v) is 10.2.